The van der Waals surface area contributed by atoms with Crippen LogP contribution in [0, 0.1) is 10.1 Å². The lowest BCUT2D eigenvalue weighted by Crippen LogP contribution is -2.14. The minimum Gasteiger partial charge on any atom is -0.394 e. The molecule has 1 heterocycles. The van der Waals surface area contributed by atoms with E-state index in [1.54, 1.807) is 0 Å². The molecule has 0 spiro atoms. The molecule has 0 aliphatic carbocycles. The van der Waals surface area contributed by atoms with E-state index in [0.29, 0.717) is 16.1 Å². The van der Waals surface area contributed by atoms with E-state index in [0.717, 1.165) is 11.8 Å². The Bertz CT molecular complexity index is 534. The Hall–Kier alpha value is -1.64. The summed E-state index contributed by atoms with van der Waals surface area (Å²) in [5.74, 6) is -0.0498. The molecule has 1 aromatic rings. The number of hydrogen-bond acceptors (Lipinski definition) is 6. The average molecular weight is 284 g/mol. The van der Waals surface area contributed by atoms with Gasteiger partial charge in [-0.15, -0.1) is 11.8 Å². The average Bonchev–Trinajstić information content (AvgIpc) is 2.73. The maximum atomic E-state index is 11.2. The summed E-state index contributed by atoms with van der Waals surface area (Å²) in [6.45, 7) is -0.400. The van der Waals surface area contributed by atoms with Crippen LogP contribution in [0.1, 0.15) is 5.56 Å². The van der Waals surface area contributed by atoms with Crippen molar-refractivity contribution in [1.29, 1.82) is 0 Å². The van der Waals surface area contributed by atoms with Gasteiger partial charge in [0.05, 0.1) is 29.0 Å². The van der Waals surface area contributed by atoms with E-state index in [1.807, 2.05) is 0 Å². The lowest BCUT2D eigenvalue weighted by molar-refractivity contribution is -0.387. The first-order valence-electron chi connectivity index (χ1n) is 5.54. The van der Waals surface area contributed by atoms with Gasteiger partial charge >= 0.3 is 0 Å². The first kappa shape index (κ1) is 13.8. The summed E-state index contributed by atoms with van der Waals surface area (Å²) in [6, 6.07) is 2.91. The molecule has 0 radical (unpaired) electrons. The predicted octanol–water partition coefficient (Wildman–Crippen LogP) is 0.535. The maximum absolute atomic E-state index is 11.2. The van der Waals surface area contributed by atoms with Crippen LogP contribution < -0.4 is 5.32 Å². The molecule has 8 heteroatoms. The number of amides is 1. The highest BCUT2D eigenvalue weighted by Crippen LogP contribution is 2.36. The second kappa shape index (κ2) is 5.55. The highest BCUT2D eigenvalue weighted by Gasteiger charge is 2.25. The minimum absolute atomic E-state index is 0.0922. The number of fused-ring (bicyclic) bond motifs is 1. The Morgan fingerprint density at radius 1 is 1.53 bits per heavy atom. The molecule has 0 saturated carbocycles. The zero-order valence-corrected chi connectivity index (χ0v) is 10.6. The van der Waals surface area contributed by atoms with Crippen molar-refractivity contribution in [1.82, 2.24) is 0 Å². The minimum atomic E-state index is -0.938. The topological polar surface area (TPSA) is 113 Å². The van der Waals surface area contributed by atoms with Crippen LogP contribution in [-0.4, -0.2) is 39.5 Å². The number of carbonyl (C=O) groups excluding carboxylic acids is 1. The van der Waals surface area contributed by atoms with Gasteiger partial charge in [-0.2, -0.15) is 0 Å². The van der Waals surface area contributed by atoms with Crippen molar-refractivity contribution in [3.05, 3.63) is 27.8 Å². The lowest BCUT2D eigenvalue weighted by Gasteiger charge is -2.08. The fourth-order valence-corrected chi connectivity index (χ4v) is 2.70. The highest BCUT2D eigenvalue weighted by molar-refractivity contribution is 7.99. The third-order valence-corrected chi connectivity index (χ3v) is 3.84. The van der Waals surface area contributed by atoms with Crippen LogP contribution in [0.2, 0.25) is 0 Å². The van der Waals surface area contributed by atoms with E-state index >= 15 is 0 Å². The van der Waals surface area contributed by atoms with Gasteiger partial charge in [0, 0.05) is 17.5 Å². The zero-order valence-electron chi connectivity index (χ0n) is 9.83. The molecular formula is C11H12N2O5S. The van der Waals surface area contributed by atoms with Crippen molar-refractivity contribution in [2.45, 2.75) is 17.4 Å². The largest absolute Gasteiger partial charge is 0.394 e. The number of hydrogen-bond donors (Lipinski definition) is 3. The van der Waals surface area contributed by atoms with E-state index in [1.165, 1.54) is 12.1 Å². The van der Waals surface area contributed by atoms with E-state index in [2.05, 4.69) is 5.32 Å². The van der Waals surface area contributed by atoms with Crippen molar-refractivity contribution >= 4 is 29.0 Å². The summed E-state index contributed by atoms with van der Waals surface area (Å²) in [5, 5.41) is 31.6. The van der Waals surface area contributed by atoms with Gasteiger partial charge in [-0.1, -0.05) is 0 Å². The van der Waals surface area contributed by atoms with E-state index < -0.39 is 17.6 Å². The van der Waals surface area contributed by atoms with Gasteiger partial charge in [-0.3, -0.25) is 14.9 Å². The SMILES string of the molecule is O=C1Cc2cc([N+](=O)[O-])c(SCC(O)CO)cc2N1. The third-order valence-electron chi connectivity index (χ3n) is 2.65. The molecule has 19 heavy (non-hydrogen) atoms. The molecule has 7 nitrogen and oxygen atoms in total. The Kier molecular flexibility index (Phi) is 4.03. The van der Waals surface area contributed by atoms with Crippen molar-refractivity contribution in [3.63, 3.8) is 0 Å². The van der Waals surface area contributed by atoms with Gasteiger partial charge in [0.15, 0.2) is 0 Å². The molecule has 3 N–H and O–H groups in total. The van der Waals surface area contributed by atoms with Crippen molar-refractivity contribution in [3.8, 4) is 0 Å². The van der Waals surface area contributed by atoms with Gasteiger partial charge in [0.2, 0.25) is 5.91 Å². The fraction of sp³-hybridized carbons (Fsp3) is 0.364. The van der Waals surface area contributed by atoms with Crippen LogP contribution in [0.15, 0.2) is 17.0 Å². The van der Waals surface area contributed by atoms with Crippen LogP contribution in [0.4, 0.5) is 11.4 Å². The van der Waals surface area contributed by atoms with Crippen molar-refractivity contribution in [2.24, 2.45) is 0 Å². The number of aliphatic hydroxyl groups is 2. The van der Waals surface area contributed by atoms with E-state index in [4.69, 9.17) is 5.11 Å². The molecule has 2 rings (SSSR count). The third kappa shape index (κ3) is 3.03. The van der Waals surface area contributed by atoms with E-state index in [-0.39, 0.29) is 23.8 Å². The van der Waals surface area contributed by atoms with Crippen LogP contribution >= 0.6 is 11.8 Å². The maximum Gasteiger partial charge on any atom is 0.283 e. The first-order chi connectivity index (χ1) is 9.01. The van der Waals surface area contributed by atoms with Crippen molar-refractivity contribution < 1.29 is 19.9 Å². The van der Waals surface area contributed by atoms with Crippen molar-refractivity contribution in [2.75, 3.05) is 17.7 Å². The molecule has 102 valence electrons. The second-order valence-corrected chi connectivity index (χ2v) is 5.17. The summed E-state index contributed by atoms with van der Waals surface area (Å²) in [5.41, 5.74) is 1.07. The number of benzene rings is 1. The number of nitro benzene ring substituents is 1. The van der Waals surface area contributed by atoms with Crippen LogP contribution in [0.5, 0.6) is 0 Å². The van der Waals surface area contributed by atoms with Gasteiger partial charge in [0.25, 0.3) is 5.69 Å². The number of nitrogens with one attached hydrogen (secondary N) is 1. The molecule has 1 aliphatic heterocycles. The normalized spacial score (nSPS) is 14.9. The molecular weight excluding hydrogens is 272 g/mol. The van der Waals surface area contributed by atoms with Gasteiger partial charge in [-0.05, 0) is 11.6 Å². The summed E-state index contributed by atoms with van der Waals surface area (Å²) in [4.78, 5) is 22.1. The summed E-state index contributed by atoms with van der Waals surface area (Å²) in [7, 11) is 0. The van der Waals surface area contributed by atoms with Gasteiger partial charge < -0.3 is 15.5 Å². The molecule has 1 aliphatic rings. The molecule has 1 unspecified atom stereocenters. The Morgan fingerprint density at radius 2 is 2.26 bits per heavy atom. The number of thioether (sulfide) groups is 1. The predicted molar refractivity (Wildman–Crippen MR) is 69.2 cm³/mol. The standard InChI is InChI=1S/C11H12N2O5S/c14-4-7(15)5-19-10-3-8-6(2-11(16)12-8)1-9(10)13(17)18/h1,3,7,14-15H,2,4-5H2,(H,12,16). The van der Waals surface area contributed by atoms with Gasteiger partial charge in [0.1, 0.15) is 0 Å². The molecule has 0 aromatic heterocycles. The smallest absolute Gasteiger partial charge is 0.283 e. The zero-order chi connectivity index (χ0) is 14.0. The summed E-state index contributed by atoms with van der Waals surface area (Å²) < 4.78 is 0. The number of anilines is 1. The summed E-state index contributed by atoms with van der Waals surface area (Å²) in [6.07, 6.45) is -0.798. The van der Waals surface area contributed by atoms with Crippen LogP contribution in [0.3, 0.4) is 0 Å². The summed E-state index contributed by atoms with van der Waals surface area (Å²) >= 11 is 1.07. The molecule has 0 bridgehead atoms. The quantitative estimate of drug-likeness (QED) is 0.413. The molecule has 1 atom stereocenters. The molecule has 1 amide bonds. The number of aliphatic hydroxyl groups excluding tert-OH is 2. The number of nitro groups is 1. The molecule has 0 saturated heterocycles. The monoisotopic (exact) mass is 284 g/mol. The Labute approximate surface area is 112 Å². The number of rotatable bonds is 5. The molecule has 0 fully saturated rings. The Balaban J connectivity index is 2.28. The van der Waals surface area contributed by atoms with Gasteiger partial charge in [-0.25, -0.2) is 0 Å². The number of nitrogens with zero attached hydrogens (tertiary/aromatic N) is 1. The van der Waals surface area contributed by atoms with E-state index in [9.17, 15) is 20.0 Å². The molecule has 1 aromatic carbocycles. The Morgan fingerprint density at radius 3 is 2.89 bits per heavy atom. The second-order valence-electron chi connectivity index (χ2n) is 4.11. The first-order valence-corrected chi connectivity index (χ1v) is 6.52. The van der Waals surface area contributed by atoms with Crippen LogP contribution in [0.25, 0.3) is 0 Å². The number of carbonyl (C=O) groups is 1. The fourth-order valence-electron chi connectivity index (χ4n) is 1.74. The lowest BCUT2D eigenvalue weighted by atomic mass is 10.1. The van der Waals surface area contributed by atoms with Crippen LogP contribution in [-0.2, 0) is 11.2 Å². The highest BCUT2D eigenvalue weighted by atomic mass is 32.2.